The third kappa shape index (κ3) is 2.86. The topological polar surface area (TPSA) is 105 Å². The summed E-state index contributed by atoms with van der Waals surface area (Å²) < 4.78 is 0. The van der Waals surface area contributed by atoms with Gasteiger partial charge in [0.05, 0.1) is 12.1 Å². The summed E-state index contributed by atoms with van der Waals surface area (Å²) in [7, 11) is 0. The molecule has 0 spiro atoms. The van der Waals surface area contributed by atoms with E-state index >= 15 is 0 Å². The molecule has 0 fully saturated rings. The van der Waals surface area contributed by atoms with Crippen molar-refractivity contribution in [2.75, 3.05) is 6.54 Å². The highest BCUT2D eigenvalue weighted by Gasteiger charge is 2.14. The molecule has 0 aliphatic carbocycles. The zero-order valence-electron chi connectivity index (χ0n) is 10.0. The Bertz CT molecular complexity index is 622. The summed E-state index contributed by atoms with van der Waals surface area (Å²) in [6.07, 6.45) is 0.248. The Balaban J connectivity index is 2.20. The zero-order valence-corrected chi connectivity index (χ0v) is 10.0. The number of nitrogens with zero attached hydrogens (tertiary/aromatic N) is 1. The number of aromatic nitrogens is 1. The molecular weight excluding hydrogens is 246 g/mol. The van der Waals surface area contributed by atoms with Crippen molar-refractivity contribution in [2.24, 2.45) is 5.73 Å². The van der Waals surface area contributed by atoms with Crippen LogP contribution in [0.1, 0.15) is 10.4 Å². The molecule has 0 saturated carbocycles. The Morgan fingerprint density at radius 3 is 2.84 bits per heavy atom. The average molecular weight is 259 g/mol. The molecule has 2 aromatic rings. The van der Waals surface area contributed by atoms with Crippen LogP contribution in [0, 0.1) is 0 Å². The van der Waals surface area contributed by atoms with Crippen LogP contribution >= 0.6 is 0 Å². The molecule has 6 nitrogen and oxygen atoms in total. The molecule has 98 valence electrons. The number of benzene rings is 1. The number of pyridine rings is 1. The predicted molar refractivity (Wildman–Crippen MR) is 69.3 cm³/mol. The lowest BCUT2D eigenvalue weighted by Gasteiger charge is -2.09. The molecule has 1 unspecified atom stereocenters. The Hall–Kier alpha value is -2.47. The van der Waals surface area contributed by atoms with Gasteiger partial charge in [-0.3, -0.25) is 14.6 Å². The molecule has 6 heteroatoms. The Morgan fingerprint density at radius 2 is 2.11 bits per heavy atom. The number of primary amides is 1. The Kier molecular flexibility index (Phi) is 3.72. The van der Waals surface area contributed by atoms with Crippen LogP contribution in [0.5, 0.6) is 0 Å². The van der Waals surface area contributed by atoms with E-state index in [0.717, 1.165) is 0 Å². The van der Waals surface area contributed by atoms with Crippen LogP contribution < -0.4 is 11.1 Å². The van der Waals surface area contributed by atoms with Crippen LogP contribution in [0.3, 0.4) is 0 Å². The van der Waals surface area contributed by atoms with Crippen LogP contribution in [0.4, 0.5) is 0 Å². The number of amides is 2. The first-order valence-electron chi connectivity index (χ1n) is 5.69. The molecule has 2 rings (SSSR count). The van der Waals surface area contributed by atoms with E-state index < -0.39 is 12.0 Å². The first-order valence-corrected chi connectivity index (χ1v) is 5.69. The highest BCUT2D eigenvalue weighted by molar-refractivity contribution is 6.06. The Labute approximate surface area is 109 Å². The van der Waals surface area contributed by atoms with E-state index in [1.54, 1.807) is 36.5 Å². The number of rotatable bonds is 4. The standard InChI is InChI=1S/C13H13N3O3/c14-12(18)11(17)7-16-13(19)9-3-1-5-10-8(9)4-2-6-15-10/h1-6,11,17H,7H2,(H2,14,18)(H,16,19). The van der Waals surface area contributed by atoms with Crippen molar-refractivity contribution in [3.05, 3.63) is 42.1 Å². The summed E-state index contributed by atoms with van der Waals surface area (Å²) in [6.45, 7) is -0.217. The minimum atomic E-state index is -1.39. The monoisotopic (exact) mass is 259 g/mol. The van der Waals surface area contributed by atoms with Gasteiger partial charge in [0.2, 0.25) is 5.91 Å². The second-order valence-electron chi connectivity index (χ2n) is 4.00. The number of nitrogens with two attached hydrogens (primary N) is 1. The van der Waals surface area contributed by atoms with Gasteiger partial charge in [0.15, 0.2) is 0 Å². The van der Waals surface area contributed by atoms with Gasteiger partial charge in [0.1, 0.15) is 6.10 Å². The van der Waals surface area contributed by atoms with Gasteiger partial charge in [-0.25, -0.2) is 0 Å². The maximum atomic E-state index is 12.0. The third-order valence-electron chi connectivity index (χ3n) is 2.67. The second-order valence-corrected chi connectivity index (χ2v) is 4.00. The highest BCUT2D eigenvalue weighted by Crippen LogP contribution is 2.16. The van der Waals surface area contributed by atoms with Crippen molar-refractivity contribution in [1.29, 1.82) is 0 Å². The predicted octanol–water partition coefficient (Wildman–Crippen LogP) is -0.189. The largest absolute Gasteiger partial charge is 0.381 e. The van der Waals surface area contributed by atoms with Crippen molar-refractivity contribution in [3.8, 4) is 0 Å². The van der Waals surface area contributed by atoms with Crippen LogP contribution in [-0.2, 0) is 4.79 Å². The average Bonchev–Trinajstić information content (AvgIpc) is 2.43. The highest BCUT2D eigenvalue weighted by atomic mass is 16.3. The molecule has 0 saturated heterocycles. The molecule has 1 aromatic heterocycles. The zero-order chi connectivity index (χ0) is 13.8. The van der Waals surface area contributed by atoms with Crippen LogP contribution in [-0.4, -0.2) is 34.6 Å². The smallest absolute Gasteiger partial charge is 0.252 e. The maximum Gasteiger partial charge on any atom is 0.252 e. The molecule has 2 amide bonds. The van der Waals surface area contributed by atoms with Crippen LogP contribution in [0.2, 0.25) is 0 Å². The molecule has 1 heterocycles. The first-order chi connectivity index (χ1) is 9.09. The van der Waals surface area contributed by atoms with Gasteiger partial charge < -0.3 is 16.2 Å². The van der Waals surface area contributed by atoms with Gasteiger partial charge in [-0.05, 0) is 18.2 Å². The van der Waals surface area contributed by atoms with E-state index in [9.17, 15) is 14.7 Å². The van der Waals surface area contributed by atoms with Crippen molar-refractivity contribution < 1.29 is 14.7 Å². The van der Waals surface area contributed by atoms with Gasteiger partial charge >= 0.3 is 0 Å². The van der Waals surface area contributed by atoms with E-state index in [0.29, 0.717) is 16.5 Å². The van der Waals surface area contributed by atoms with Gasteiger partial charge in [-0.15, -0.1) is 0 Å². The lowest BCUT2D eigenvalue weighted by molar-refractivity contribution is -0.125. The van der Waals surface area contributed by atoms with Crippen molar-refractivity contribution in [1.82, 2.24) is 10.3 Å². The number of hydrogen-bond donors (Lipinski definition) is 3. The molecule has 19 heavy (non-hydrogen) atoms. The lowest BCUT2D eigenvalue weighted by Crippen LogP contribution is -2.40. The fourth-order valence-electron chi connectivity index (χ4n) is 1.69. The van der Waals surface area contributed by atoms with E-state index in [4.69, 9.17) is 5.73 Å². The SMILES string of the molecule is NC(=O)C(O)CNC(=O)c1cccc2ncccc12. The van der Waals surface area contributed by atoms with Gasteiger partial charge in [0, 0.05) is 17.1 Å². The fourth-order valence-corrected chi connectivity index (χ4v) is 1.69. The van der Waals surface area contributed by atoms with E-state index in [2.05, 4.69) is 10.3 Å². The summed E-state index contributed by atoms with van der Waals surface area (Å²) in [5.74, 6) is -1.27. The van der Waals surface area contributed by atoms with E-state index in [1.807, 2.05) is 0 Å². The normalized spacial score (nSPS) is 12.1. The molecule has 1 atom stereocenters. The molecule has 1 aromatic carbocycles. The molecule has 0 aliphatic rings. The summed E-state index contributed by atoms with van der Waals surface area (Å²) >= 11 is 0. The minimum Gasteiger partial charge on any atom is -0.381 e. The minimum absolute atomic E-state index is 0.217. The van der Waals surface area contributed by atoms with Crippen LogP contribution in [0.15, 0.2) is 36.5 Å². The van der Waals surface area contributed by atoms with Crippen molar-refractivity contribution >= 4 is 22.7 Å². The van der Waals surface area contributed by atoms with Crippen molar-refractivity contribution in [3.63, 3.8) is 0 Å². The van der Waals surface area contributed by atoms with Gasteiger partial charge in [0.25, 0.3) is 5.91 Å². The number of hydrogen-bond acceptors (Lipinski definition) is 4. The summed E-state index contributed by atoms with van der Waals surface area (Å²) in [5, 5.41) is 12.4. The number of carbonyl (C=O) groups is 2. The number of aliphatic hydroxyl groups excluding tert-OH is 1. The second kappa shape index (κ2) is 5.45. The molecule has 0 radical (unpaired) electrons. The number of fused-ring (bicyclic) bond motifs is 1. The van der Waals surface area contributed by atoms with Gasteiger partial charge in [-0.1, -0.05) is 12.1 Å². The third-order valence-corrected chi connectivity index (χ3v) is 2.67. The Morgan fingerprint density at radius 1 is 1.32 bits per heavy atom. The summed E-state index contributed by atoms with van der Waals surface area (Å²) in [6, 6.07) is 8.67. The number of carbonyl (C=O) groups excluding carboxylic acids is 2. The first kappa shape index (κ1) is 13.0. The van der Waals surface area contributed by atoms with E-state index in [1.165, 1.54) is 0 Å². The fraction of sp³-hybridized carbons (Fsp3) is 0.154. The quantitative estimate of drug-likeness (QED) is 0.707. The summed E-state index contributed by atoms with van der Waals surface area (Å²) in [4.78, 5) is 26.8. The number of nitrogens with one attached hydrogen (secondary N) is 1. The number of aliphatic hydroxyl groups is 1. The lowest BCUT2D eigenvalue weighted by atomic mass is 10.1. The molecule has 4 N–H and O–H groups in total. The molecule has 0 bridgehead atoms. The van der Waals surface area contributed by atoms with E-state index in [-0.39, 0.29) is 12.5 Å². The molecule has 0 aliphatic heterocycles. The van der Waals surface area contributed by atoms with Gasteiger partial charge in [-0.2, -0.15) is 0 Å². The molecular formula is C13H13N3O3. The van der Waals surface area contributed by atoms with Crippen LogP contribution in [0.25, 0.3) is 10.9 Å². The van der Waals surface area contributed by atoms with Crippen molar-refractivity contribution in [2.45, 2.75) is 6.10 Å². The maximum absolute atomic E-state index is 12.0. The summed E-state index contributed by atoms with van der Waals surface area (Å²) in [5.41, 5.74) is 6.03.